The summed E-state index contributed by atoms with van der Waals surface area (Å²) < 4.78 is 16.7. The number of rotatable bonds is 7. The maximum atomic E-state index is 13.8. The molecule has 0 amide bonds. The summed E-state index contributed by atoms with van der Waals surface area (Å²) in [5, 5.41) is 3.28. The Balaban J connectivity index is 2.22. The molecule has 1 aromatic carbocycles. The monoisotopic (exact) mass is 469 g/mol. The van der Waals surface area contributed by atoms with Crippen LogP contribution in [0.1, 0.15) is 65.9 Å². The number of Topliss-reactive ketones (excluding diaryl/α,β-unsaturated/α-hetero) is 1. The van der Waals surface area contributed by atoms with Crippen molar-refractivity contribution in [3.8, 4) is 5.75 Å². The van der Waals surface area contributed by atoms with Gasteiger partial charge in [-0.2, -0.15) is 0 Å². The van der Waals surface area contributed by atoms with Crippen molar-refractivity contribution < 1.29 is 28.6 Å². The molecule has 0 aromatic heterocycles. The molecule has 7 heteroatoms. The lowest BCUT2D eigenvalue weighted by Gasteiger charge is -2.38. The second kappa shape index (κ2) is 10.5. The van der Waals surface area contributed by atoms with E-state index in [1.165, 1.54) is 7.11 Å². The molecule has 0 fully saturated rings. The zero-order valence-corrected chi connectivity index (χ0v) is 21.1. The fourth-order valence-corrected chi connectivity index (χ4v) is 4.67. The van der Waals surface area contributed by atoms with Gasteiger partial charge in [0.15, 0.2) is 5.78 Å². The van der Waals surface area contributed by atoms with Crippen LogP contribution in [0, 0.1) is 11.8 Å². The Morgan fingerprint density at radius 2 is 1.85 bits per heavy atom. The Morgan fingerprint density at radius 3 is 2.47 bits per heavy atom. The van der Waals surface area contributed by atoms with Gasteiger partial charge >= 0.3 is 11.9 Å². The average Bonchev–Trinajstić information content (AvgIpc) is 2.77. The molecule has 0 saturated heterocycles. The first kappa shape index (κ1) is 25.5. The van der Waals surface area contributed by atoms with Crippen molar-refractivity contribution in [1.82, 2.24) is 5.32 Å². The highest BCUT2D eigenvalue weighted by Crippen LogP contribution is 2.47. The van der Waals surface area contributed by atoms with Crippen molar-refractivity contribution in [3.05, 3.63) is 52.4 Å². The second-order valence-corrected chi connectivity index (χ2v) is 9.36. The van der Waals surface area contributed by atoms with Crippen LogP contribution in [0.15, 0.2) is 46.8 Å². The number of ketones is 1. The van der Waals surface area contributed by atoms with Gasteiger partial charge in [0.2, 0.25) is 0 Å². The van der Waals surface area contributed by atoms with Gasteiger partial charge in [0, 0.05) is 22.5 Å². The Hall–Kier alpha value is -3.09. The highest BCUT2D eigenvalue weighted by Gasteiger charge is 2.48. The van der Waals surface area contributed by atoms with Gasteiger partial charge in [-0.25, -0.2) is 4.79 Å². The van der Waals surface area contributed by atoms with E-state index in [4.69, 9.17) is 14.2 Å². The standard InChI is InChI=1S/C27H35NO6/c1-8-16(5)34-27(31)22-17(6)28-19-13-15(4)21(26(30)32-7)25(29)24(19)23(22)18-11-9-10-12-20(18)33-14(2)3/h9-12,14-16,21,23,28H,8,13H2,1-7H3/t15-,16-,21+,23-/m0/s1. The number of ether oxygens (including phenoxy) is 3. The van der Waals surface area contributed by atoms with Gasteiger partial charge in [0.25, 0.3) is 0 Å². The number of allylic oxidation sites excluding steroid dienone is 3. The van der Waals surface area contributed by atoms with Crippen LogP contribution in [0.5, 0.6) is 5.75 Å². The number of nitrogens with one attached hydrogen (secondary N) is 1. The molecule has 0 spiro atoms. The lowest BCUT2D eigenvalue weighted by molar-refractivity contribution is -0.151. The summed E-state index contributed by atoms with van der Waals surface area (Å²) in [6.45, 7) is 11.3. The fourth-order valence-electron chi connectivity index (χ4n) is 4.67. The molecule has 34 heavy (non-hydrogen) atoms. The van der Waals surface area contributed by atoms with E-state index in [2.05, 4.69) is 5.32 Å². The SMILES string of the molecule is CC[C@H](C)OC(=O)C1=C(C)NC2=C(C(=O)[C@H](C(=O)OC)[C@@H](C)C2)[C@H]1c1ccccc1OC(C)C. The van der Waals surface area contributed by atoms with Gasteiger partial charge in [-0.3, -0.25) is 9.59 Å². The predicted octanol–water partition coefficient (Wildman–Crippen LogP) is 4.43. The van der Waals surface area contributed by atoms with Crippen LogP contribution in [-0.2, 0) is 23.9 Å². The molecule has 2 aliphatic rings. The summed E-state index contributed by atoms with van der Waals surface area (Å²) in [6, 6.07) is 7.40. The van der Waals surface area contributed by atoms with Crippen LogP contribution in [-0.4, -0.2) is 37.0 Å². The Labute approximate surface area is 201 Å². The molecule has 1 aliphatic carbocycles. The highest BCUT2D eigenvalue weighted by molar-refractivity contribution is 6.12. The zero-order valence-electron chi connectivity index (χ0n) is 21.1. The maximum absolute atomic E-state index is 13.8. The van der Waals surface area contributed by atoms with Crippen molar-refractivity contribution in [2.75, 3.05) is 7.11 Å². The van der Waals surface area contributed by atoms with Gasteiger partial charge in [0.05, 0.1) is 30.8 Å². The Bertz CT molecular complexity index is 1040. The van der Waals surface area contributed by atoms with Crippen molar-refractivity contribution in [1.29, 1.82) is 0 Å². The summed E-state index contributed by atoms with van der Waals surface area (Å²) in [5.41, 5.74) is 2.79. The molecular formula is C27H35NO6. The number of benzene rings is 1. The molecule has 1 aromatic rings. The van der Waals surface area contributed by atoms with Crippen LogP contribution in [0.4, 0.5) is 0 Å². The van der Waals surface area contributed by atoms with Crippen LogP contribution in [0.2, 0.25) is 0 Å². The van der Waals surface area contributed by atoms with E-state index >= 15 is 0 Å². The topological polar surface area (TPSA) is 90.9 Å². The van der Waals surface area contributed by atoms with E-state index in [9.17, 15) is 14.4 Å². The Morgan fingerprint density at radius 1 is 1.18 bits per heavy atom. The maximum Gasteiger partial charge on any atom is 0.337 e. The van der Waals surface area contributed by atoms with Crippen molar-refractivity contribution >= 4 is 17.7 Å². The van der Waals surface area contributed by atoms with Crippen LogP contribution in [0.25, 0.3) is 0 Å². The first-order chi connectivity index (χ1) is 16.1. The molecule has 1 heterocycles. The van der Waals surface area contributed by atoms with Crippen molar-refractivity contribution in [2.45, 2.75) is 72.5 Å². The minimum absolute atomic E-state index is 0.109. The number of dihydropyridines is 1. The highest BCUT2D eigenvalue weighted by atomic mass is 16.5. The third-order valence-corrected chi connectivity index (χ3v) is 6.44. The minimum atomic E-state index is -0.934. The number of carbonyl (C=O) groups excluding carboxylic acids is 3. The molecule has 0 unspecified atom stereocenters. The number of hydrogen-bond donors (Lipinski definition) is 1. The largest absolute Gasteiger partial charge is 0.491 e. The molecule has 0 radical (unpaired) electrons. The summed E-state index contributed by atoms with van der Waals surface area (Å²) in [6.07, 6.45) is 0.755. The summed E-state index contributed by atoms with van der Waals surface area (Å²) in [4.78, 5) is 39.8. The third kappa shape index (κ3) is 4.88. The van der Waals surface area contributed by atoms with Gasteiger partial charge in [-0.15, -0.1) is 0 Å². The van der Waals surface area contributed by atoms with E-state index in [1.54, 1.807) is 0 Å². The molecule has 1 N–H and O–H groups in total. The number of para-hydroxylation sites is 1. The normalized spacial score (nSPS) is 23.3. The first-order valence-corrected chi connectivity index (χ1v) is 11.9. The minimum Gasteiger partial charge on any atom is -0.491 e. The van der Waals surface area contributed by atoms with E-state index in [0.29, 0.717) is 41.0 Å². The summed E-state index contributed by atoms with van der Waals surface area (Å²) >= 11 is 0. The summed E-state index contributed by atoms with van der Waals surface area (Å²) in [5.74, 6) is -2.71. The molecule has 0 bridgehead atoms. The van der Waals surface area contributed by atoms with Crippen LogP contribution < -0.4 is 10.1 Å². The molecular weight excluding hydrogens is 434 g/mol. The van der Waals surface area contributed by atoms with Crippen molar-refractivity contribution in [2.24, 2.45) is 11.8 Å². The second-order valence-electron chi connectivity index (χ2n) is 9.36. The number of hydrogen-bond acceptors (Lipinski definition) is 7. The van der Waals surface area contributed by atoms with E-state index in [0.717, 1.165) is 5.70 Å². The van der Waals surface area contributed by atoms with Gasteiger partial charge < -0.3 is 19.5 Å². The quantitative estimate of drug-likeness (QED) is 0.467. The smallest absolute Gasteiger partial charge is 0.337 e. The number of methoxy groups -OCH3 is 1. The fraction of sp³-hybridized carbons (Fsp3) is 0.519. The van der Waals surface area contributed by atoms with Gasteiger partial charge in [-0.05, 0) is 52.5 Å². The first-order valence-electron chi connectivity index (χ1n) is 11.9. The third-order valence-electron chi connectivity index (χ3n) is 6.44. The summed E-state index contributed by atoms with van der Waals surface area (Å²) in [7, 11) is 1.29. The Kier molecular flexibility index (Phi) is 7.85. The molecule has 4 atom stereocenters. The molecule has 3 rings (SSSR count). The van der Waals surface area contributed by atoms with Crippen LogP contribution >= 0.6 is 0 Å². The molecule has 1 aliphatic heterocycles. The van der Waals surface area contributed by atoms with E-state index in [-0.39, 0.29) is 23.9 Å². The van der Waals surface area contributed by atoms with E-state index in [1.807, 2.05) is 65.8 Å². The lowest BCUT2D eigenvalue weighted by atomic mass is 9.69. The predicted molar refractivity (Wildman–Crippen MR) is 128 cm³/mol. The molecule has 7 nitrogen and oxygen atoms in total. The zero-order chi connectivity index (χ0) is 25.2. The molecule has 0 saturated carbocycles. The lowest BCUT2D eigenvalue weighted by Crippen LogP contribution is -2.43. The molecule has 184 valence electrons. The van der Waals surface area contributed by atoms with Gasteiger partial charge in [0.1, 0.15) is 11.7 Å². The number of esters is 2. The average molecular weight is 470 g/mol. The van der Waals surface area contributed by atoms with Crippen LogP contribution in [0.3, 0.4) is 0 Å². The van der Waals surface area contributed by atoms with Crippen molar-refractivity contribution in [3.63, 3.8) is 0 Å². The van der Waals surface area contributed by atoms with E-state index < -0.39 is 23.8 Å². The number of carbonyl (C=O) groups is 3. The van der Waals surface area contributed by atoms with Gasteiger partial charge in [-0.1, -0.05) is 32.0 Å².